The third-order valence-corrected chi connectivity index (χ3v) is 3.68. The predicted molar refractivity (Wildman–Crippen MR) is 63.0 cm³/mol. The molecule has 1 fully saturated rings. The highest BCUT2D eigenvalue weighted by atomic mass is 16.2. The minimum absolute atomic E-state index is 0.345. The minimum Gasteiger partial charge on any atom is -0.338 e. The molecule has 2 heteroatoms. The van der Waals surface area contributed by atoms with Gasteiger partial charge in [-0.15, -0.1) is 0 Å². The van der Waals surface area contributed by atoms with Crippen LogP contribution in [0.4, 0.5) is 0 Å². The lowest BCUT2D eigenvalue weighted by molar-refractivity contribution is -0.133. The van der Waals surface area contributed by atoms with Gasteiger partial charge in [-0.05, 0) is 29.9 Å². The van der Waals surface area contributed by atoms with E-state index >= 15 is 0 Å². The van der Waals surface area contributed by atoms with Crippen molar-refractivity contribution in [1.82, 2.24) is 4.90 Å². The van der Waals surface area contributed by atoms with E-state index in [9.17, 15) is 4.79 Å². The van der Waals surface area contributed by atoms with Crippen LogP contribution >= 0.6 is 0 Å². The van der Waals surface area contributed by atoms with Crippen molar-refractivity contribution in [2.24, 2.45) is 5.92 Å². The molecule has 2 nitrogen and oxygen atoms in total. The van der Waals surface area contributed by atoms with Gasteiger partial charge in [-0.3, -0.25) is 4.79 Å². The monoisotopic (exact) mass is 215 g/mol. The number of hydrogen-bond donors (Lipinski definition) is 0. The van der Waals surface area contributed by atoms with Crippen LogP contribution in [-0.2, 0) is 11.3 Å². The molecule has 1 aromatic rings. The molecule has 0 spiro atoms. The zero-order valence-electron chi connectivity index (χ0n) is 9.65. The van der Waals surface area contributed by atoms with Gasteiger partial charge in [-0.2, -0.15) is 0 Å². The normalized spacial score (nSPS) is 24.1. The number of carbonyl (C=O) groups is 1. The van der Waals surface area contributed by atoms with E-state index in [0.29, 0.717) is 17.7 Å². The molecule has 0 radical (unpaired) electrons. The average molecular weight is 215 g/mol. The molecule has 84 valence electrons. The van der Waals surface area contributed by atoms with Crippen LogP contribution in [0.15, 0.2) is 24.3 Å². The fourth-order valence-corrected chi connectivity index (χ4v) is 2.61. The van der Waals surface area contributed by atoms with E-state index in [1.54, 1.807) is 0 Å². The van der Waals surface area contributed by atoms with Crippen LogP contribution in [0, 0.1) is 5.92 Å². The maximum absolute atomic E-state index is 12.0. The smallest absolute Gasteiger partial charge is 0.226 e. The number of hydrogen-bond acceptors (Lipinski definition) is 1. The van der Waals surface area contributed by atoms with Gasteiger partial charge in [-0.1, -0.05) is 31.2 Å². The first kappa shape index (κ1) is 9.88. The van der Waals surface area contributed by atoms with Gasteiger partial charge >= 0.3 is 0 Å². The molecule has 1 aliphatic heterocycles. The first-order valence-electron chi connectivity index (χ1n) is 6.12. The zero-order chi connectivity index (χ0) is 11.1. The number of benzene rings is 1. The van der Waals surface area contributed by atoms with Crippen molar-refractivity contribution < 1.29 is 4.79 Å². The number of nitrogens with zero attached hydrogens (tertiary/aromatic N) is 1. The molecule has 2 aliphatic rings. The highest BCUT2D eigenvalue weighted by molar-refractivity contribution is 5.81. The second-order valence-electron chi connectivity index (χ2n) is 5.09. The lowest BCUT2D eigenvalue weighted by Crippen LogP contribution is -2.38. The minimum atomic E-state index is 0.345. The molecular weight excluding hydrogens is 198 g/mol. The Labute approximate surface area is 96.3 Å². The van der Waals surface area contributed by atoms with E-state index in [-0.39, 0.29) is 0 Å². The Morgan fingerprint density at radius 3 is 2.81 bits per heavy atom. The van der Waals surface area contributed by atoms with Gasteiger partial charge in [0.2, 0.25) is 5.91 Å². The highest BCUT2D eigenvalue weighted by Gasteiger charge is 2.35. The number of amides is 1. The summed E-state index contributed by atoms with van der Waals surface area (Å²) in [5.41, 5.74) is 2.75. The summed E-state index contributed by atoms with van der Waals surface area (Å²) in [6.45, 7) is 3.92. The summed E-state index contributed by atoms with van der Waals surface area (Å²) in [6.07, 6.45) is 2.21. The summed E-state index contributed by atoms with van der Waals surface area (Å²) < 4.78 is 0. The predicted octanol–water partition coefficient (Wildman–Crippen LogP) is 2.54. The zero-order valence-corrected chi connectivity index (χ0v) is 9.65. The Balaban J connectivity index is 1.85. The quantitative estimate of drug-likeness (QED) is 0.705. The summed E-state index contributed by atoms with van der Waals surface area (Å²) >= 11 is 0. The van der Waals surface area contributed by atoms with Gasteiger partial charge < -0.3 is 4.90 Å². The molecule has 16 heavy (non-hydrogen) atoms. The summed E-state index contributed by atoms with van der Waals surface area (Å²) in [4.78, 5) is 14.1. The number of fused-ring (bicyclic) bond motifs is 1. The van der Waals surface area contributed by atoms with E-state index in [0.717, 1.165) is 25.9 Å². The Kier molecular flexibility index (Phi) is 2.23. The second-order valence-corrected chi connectivity index (χ2v) is 5.09. The van der Waals surface area contributed by atoms with Gasteiger partial charge in [0.05, 0.1) is 0 Å². The highest BCUT2D eigenvalue weighted by Crippen LogP contribution is 2.35. The lowest BCUT2D eigenvalue weighted by Gasteiger charge is -2.33. The van der Waals surface area contributed by atoms with E-state index in [1.165, 1.54) is 11.1 Å². The Morgan fingerprint density at radius 2 is 2.06 bits per heavy atom. The molecule has 0 N–H and O–H groups in total. The van der Waals surface area contributed by atoms with Crippen molar-refractivity contribution >= 4 is 5.91 Å². The summed E-state index contributed by atoms with van der Waals surface area (Å²) in [5, 5.41) is 0. The van der Waals surface area contributed by atoms with E-state index in [1.807, 2.05) is 4.90 Å². The van der Waals surface area contributed by atoms with Crippen LogP contribution in [0.1, 0.15) is 36.8 Å². The van der Waals surface area contributed by atoms with E-state index < -0.39 is 0 Å². The Bertz CT molecular complexity index is 422. The molecule has 1 atom stereocenters. The molecule has 0 saturated heterocycles. The summed E-state index contributed by atoms with van der Waals surface area (Å²) in [5.74, 6) is 1.20. The van der Waals surface area contributed by atoms with Crippen molar-refractivity contribution in [2.45, 2.75) is 32.2 Å². The fraction of sp³-hybridized carbons (Fsp3) is 0.500. The average Bonchev–Trinajstić information content (AvgIpc) is 3.12. The molecule has 1 aromatic carbocycles. The van der Waals surface area contributed by atoms with Crippen LogP contribution < -0.4 is 0 Å². The lowest BCUT2D eigenvalue weighted by atomic mass is 9.91. The number of rotatable bonds is 1. The molecule has 0 aromatic heterocycles. The van der Waals surface area contributed by atoms with E-state index in [2.05, 4.69) is 31.2 Å². The Hall–Kier alpha value is -1.31. The van der Waals surface area contributed by atoms with Crippen LogP contribution in [-0.4, -0.2) is 17.4 Å². The molecular formula is C14H17NO. The molecule has 1 unspecified atom stereocenters. The first-order chi connectivity index (χ1) is 7.75. The van der Waals surface area contributed by atoms with Crippen LogP contribution in [0.5, 0.6) is 0 Å². The van der Waals surface area contributed by atoms with Crippen molar-refractivity contribution in [3.63, 3.8) is 0 Å². The topological polar surface area (TPSA) is 20.3 Å². The molecule has 1 saturated carbocycles. The standard InChI is InChI=1S/C14H17NO/c1-10-8-15(14(16)11-6-7-11)9-12-4-2-3-5-13(10)12/h2-5,10-11H,6-9H2,1H3. The summed E-state index contributed by atoms with van der Waals surface area (Å²) in [7, 11) is 0. The van der Waals surface area contributed by atoms with Crippen LogP contribution in [0.2, 0.25) is 0 Å². The molecule has 3 rings (SSSR count). The molecule has 0 bridgehead atoms. The van der Waals surface area contributed by atoms with Crippen LogP contribution in [0.25, 0.3) is 0 Å². The Morgan fingerprint density at radius 1 is 1.31 bits per heavy atom. The molecule has 1 aliphatic carbocycles. The first-order valence-corrected chi connectivity index (χ1v) is 6.12. The fourth-order valence-electron chi connectivity index (χ4n) is 2.61. The van der Waals surface area contributed by atoms with Crippen molar-refractivity contribution in [1.29, 1.82) is 0 Å². The SMILES string of the molecule is CC1CN(C(=O)C2CC2)Cc2ccccc21. The van der Waals surface area contributed by atoms with Gasteiger partial charge in [-0.25, -0.2) is 0 Å². The second kappa shape index (κ2) is 3.62. The maximum atomic E-state index is 12.0. The van der Waals surface area contributed by atoms with Gasteiger partial charge in [0.25, 0.3) is 0 Å². The van der Waals surface area contributed by atoms with Crippen molar-refractivity contribution in [3.05, 3.63) is 35.4 Å². The van der Waals surface area contributed by atoms with Gasteiger partial charge in [0.1, 0.15) is 0 Å². The summed E-state index contributed by atoms with van der Waals surface area (Å²) in [6, 6.07) is 8.50. The van der Waals surface area contributed by atoms with Gasteiger partial charge in [0.15, 0.2) is 0 Å². The molecule has 1 amide bonds. The third-order valence-electron chi connectivity index (χ3n) is 3.68. The largest absolute Gasteiger partial charge is 0.338 e. The third kappa shape index (κ3) is 1.62. The van der Waals surface area contributed by atoms with Gasteiger partial charge in [0, 0.05) is 19.0 Å². The van der Waals surface area contributed by atoms with Crippen molar-refractivity contribution in [2.75, 3.05) is 6.54 Å². The maximum Gasteiger partial charge on any atom is 0.226 e. The molecule has 1 heterocycles. The number of carbonyl (C=O) groups excluding carboxylic acids is 1. The van der Waals surface area contributed by atoms with E-state index in [4.69, 9.17) is 0 Å². The van der Waals surface area contributed by atoms with Crippen molar-refractivity contribution in [3.8, 4) is 0 Å². The van der Waals surface area contributed by atoms with Crippen LogP contribution in [0.3, 0.4) is 0 Å².